The van der Waals surface area contributed by atoms with Crippen molar-refractivity contribution in [3.8, 4) is 0 Å². The van der Waals surface area contributed by atoms with Crippen molar-refractivity contribution in [2.75, 3.05) is 6.61 Å². The second-order valence-electron chi connectivity index (χ2n) is 6.81. The van der Waals surface area contributed by atoms with E-state index < -0.39 is 23.8 Å². The molecule has 0 unspecified atom stereocenters. The second-order valence-corrected chi connectivity index (χ2v) is 6.81. The van der Waals surface area contributed by atoms with Gasteiger partial charge in [0, 0.05) is 12.3 Å². The summed E-state index contributed by atoms with van der Waals surface area (Å²) in [6, 6.07) is 0. The van der Waals surface area contributed by atoms with Gasteiger partial charge in [0.25, 0.3) is 0 Å². The third-order valence-electron chi connectivity index (χ3n) is 5.66. The lowest BCUT2D eigenvalue weighted by atomic mass is 9.60. The Kier molecular flexibility index (Phi) is 2.59. The number of hydrogen-bond acceptors (Lipinski definition) is 5. The number of hydrogen-bond donors (Lipinski definition) is 1. The van der Waals surface area contributed by atoms with Gasteiger partial charge in [-0.3, -0.25) is 0 Å². The highest BCUT2D eigenvalue weighted by molar-refractivity contribution is 5.09. The zero-order chi connectivity index (χ0) is 13.3. The molecular formula is C14H22O5. The zero-order valence-electron chi connectivity index (χ0n) is 11.5. The summed E-state index contributed by atoms with van der Waals surface area (Å²) < 4.78 is 11.8. The Hall–Kier alpha value is -0.200. The van der Waals surface area contributed by atoms with Crippen molar-refractivity contribution >= 4 is 0 Å². The first kappa shape index (κ1) is 12.5. The zero-order valence-corrected chi connectivity index (χ0v) is 11.5. The molecule has 0 aromatic carbocycles. The lowest BCUT2D eigenvalue weighted by Crippen LogP contribution is -2.70. The van der Waals surface area contributed by atoms with Crippen LogP contribution in [0.25, 0.3) is 0 Å². The molecule has 19 heavy (non-hydrogen) atoms. The smallest absolute Gasteiger partial charge is 0.201 e. The molecule has 1 saturated carbocycles. The van der Waals surface area contributed by atoms with E-state index in [4.69, 9.17) is 19.2 Å². The summed E-state index contributed by atoms with van der Waals surface area (Å²) in [5.41, 5.74) is -0.620. The fourth-order valence-corrected chi connectivity index (χ4v) is 4.59. The van der Waals surface area contributed by atoms with Gasteiger partial charge in [-0.1, -0.05) is 6.92 Å². The lowest BCUT2D eigenvalue weighted by molar-refractivity contribution is -0.567. The lowest BCUT2D eigenvalue weighted by Gasteiger charge is -2.58. The van der Waals surface area contributed by atoms with Gasteiger partial charge in [0.2, 0.25) is 5.79 Å². The minimum atomic E-state index is -0.709. The summed E-state index contributed by atoms with van der Waals surface area (Å²) in [4.78, 5) is 11.5. The molecule has 0 aromatic rings. The molecule has 4 heterocycles. The van der Waals surface area contributed by atoms with Gasteiger partial charge >= 0.3 is 0 Å². The number of aliphatic hydroxyl groups excluding tert-OH is 1. The predicted octanol–water partition coefficient (Wildman–Crippen LogP) is 1.59. The van der Waals surface area contributed by atoms with Crippen molar-refractivity contribution < 1.29 is 24.4 Å². The molecule has 7 atom stereocenters. The number of aliphatic hydroxyl groups is 1. The minimum absolute atomic E-state index is 0.0510. The van der Waals surface area contributed by atoms with Gasteiger partial charge in [-0.25, -0.2) is 9.78 Å². The van der Waals surface area contributed by atoms with Gasteiger partial charge in [-0.15, -0.1) is 0 Å². The number of rotatable bonds is 0. The molecule has 5 heteroatoms. The van der Waals surface area contributed by atoms with Crippen molar-refractivity contribution in [2.24, 2.45) is 17.8 Å². The Balaban J connectivity index is 1.81. The Labute approximate surface area is 113 Å². The van der Waals surface area contributed by atoms with E-state index in [1.807, 2.05) is 6.92 Å². The number of ether oxygens (including phenoxy) is 2. The van der Waals surface area contributed by atoms with Crippen LogP contribution >= 0.6 is 0 Å². The SMILES string of the molecule is C[C@@H]1CC[C@H]2[C@@H](O)CO[C@@H]3O[C@@]4(C)CC[C@@H]1[C@]32OO4. The van der Waals surface area contributed by atoms with Crippen LogP contribution in [0.4, 0.5) is 0 Å². The molecule has 1 spiro atoms. The Bertz CT molecular complexity index is 388. The van der Waals surface area contributed by atoms with Crippen molar-refractivity contribution in [1.29, 1.82) is 0 Å². The van der Waals surface area contributed by atoms with Crippen LogP contribution in [0, 0.1) is 17.8 Å². The Morgan fingerprint density at radius 2 is 1.95 bits per heavy atom. The summed E-state index contributed by atoms with van der Waals surface area (Å²) >= 11 is 0. The minimum Gasteiger partial charge on any atom is -0.390 e. The summed E-state index contributed by atoms with van der Waals surface area (Å²) in [5.74, 6) is 0.214. The molecule has 0 radical (unpaired) electrons. The molecule has 1 aliphatic carbocycles. The Morgan fingerprint density at radius 3 is 2.79 bits per heavy atom. The summed E-state index contributed by atoms with van der Waals surface area (Å²) in [6.45, 7) is 4.50. The summed E-state index contributed by atoms with van der Waals surface area (Å²) in [7, 11) is 0. The number of fused-ring (bicyclic) bond motifs is 2. The first-order valence-corrected chi connectivity index (χ1v) is 7.39. The fraction of sp³-hybridized carbons (Fsp3) is 1.00. The van der Waals surface area contributed by atoms with E-state index in [1.165, 1.54) is 0 Å². The van der Waals surface area contributed by atoms with E-state index in [2.05, 4.69) is 6.92 Å². The topological polar surface area (TPSA) is 57.2 Å². The van der Waals surface area contributed by atoms with Crippen LogP contribution in [-0.2, 0) is 19.2 Å². The van der Waals surface area contributed by atoms with Crippen LogP contribution in [-0.4, -0.2) is 35.5 Å². The van der Waals surface area contributed by atoms with Crippen LogP contribution in [0.5, 0.6) is 0 Å². The molecule has 4 saturated heterocycles. The third kappa shape index (κ3) is 1.54. The van der Waals surface area contributed by atoms with Crippen molar-refractivity contribution in [1.82, 2.24) is 0 Å². The van der Waals surface area contributed by atoms with Gasteiger partial charge < -0.3 is 14.6 Å². The Morgan fingerprint density at radius 1 is 1.11 bits per heavy atom. The van der Waals surface area contributed by atoms with Crippen LogP contribution in [0.2, 0.25) is 0 Å². The van der Waals surface area contributed by atoms with E-state index in [0.29, 0.717) is 18.4 Å². The highest BCUT2D eigenvalue weighted by Gasteiger charge is 2.68. The van der Waals surface area contributed by atoms with Gasteiger partial charge in [0.15, 0.2) is 11.9 Å². The van der Waals surface area contributed by atoms with E-state index in [9.17, 15) is 5.11 Å². The van der Waals surface area contributed by atoms with E-state index in [0.717, 1.165) is 25.7 Å². The van der Waals surface area contributed by atoms with Gasteiger partial charge in [0.05, 0.1) is 12.7 Å². The average molecular weight is 270 g/mol. The highest BCUT2D eigenvalue weighted by atomic mass is 17.3. The summed E-state index contributed by atoms with van der Waals surface area (Å²) in [6.07, 6.45) is 2.99. The largest absolute Gasteiger partial charge is 0.390 e. The monoisotopic (exact) mass is 270 g/mol. The maximum absolute atomic E-state index is 10.3. The van der Waals surface area contributed by atoms with E-state index in [-0.39, 0.29) is 5.92 Å². The molecule has 4 aliphatic heterocycles. The highest BCUT2D eigenvalue weighted by Crippen LogP contribution is 2.58. The molecule has 5 aliphatic rings. The van der Waals surface area contributed by atoms with Crippen molar-refractivity contribution in [3.05, 3.63) is 0 Å². The molecular weight excluding hydrogens is 248 g/mol. The normalized spacial score (nSPS) is 60.5. The van der Waals surface area contributed by atoms with Crippen LogP contribution in [0.1, 0.15) is 39.5 Å². The first-order chi connectivity index (χ1) is 9.05. The molecule has 1 N–H and O–H groups in total. The fourth-order valence-electron chi connectivity index (χ4n) is 4.59. The molecule has 5 fully saturated rings. The van der Waals surface area contributed by atoms with Gasteiger partial charge in [-0.05, 0) is 38.0 Å². The predicted molar refractivity (Wildman–Crippen MR) is 64.7 cm³/mol. The average Bonchev–Trinajstić information content (AvgIpc) is 2.61. The summed E-state index contributed by atoms with van der Waals surface area (Å²) in [5, 5.41) is 10.3. The maximum atomic E-state index is 10.3. The first-order valence-electron chi connectivity index (χ1n) is 7.39. The standard InChI is InChI=1S/C14H22O5/c1-8-3-4-10-11(15)7-16-12-14(10)9(8)5-6-13(2,17-12)18-19-14/h8-12,15H,3-7H2,1-2H3/t8-,9+,10+,11+,12-,13-,14-/m1/s1. The van der Waals surface area contributed by atoms with Gasteiger partial charge in [-0.2, -0.15) is 0 Å². The third-order valence-corrected chi connectivity index (χ3v) is 5.66. The maximum Gasteiger partial charge on any atom is 0.201 e. The molecule has 0 aromatic heterocycles. The molecule has 108 valence electrons. The van der Waals surface area contributed by atoms with E-state index in [1.54, 1.807) is 0 Å². The van der Waals surface area contributed by atoms with Gasteiger partial charge in [0.1, 0.15) is 0 Å². The molecule has 2 bridgehead atoms. The second kappa shape index (κ2) is 3.92. The van der Waals surface area contributed by atoms with Crippen molar-refractivity contribution in [2.45, 2.75) is 63.3 Å². The molecule has 5 rings (SSSR count). The van der Waals surface area contributed by atoms with E-state index >= 15 is 0 Å². The van der Waals surface area contributed by atoms with Crippen LogP contribution < -0.4 is 0 Å². The molecule has 5 nitrogen and oxygen atoms in total. The van der Waals surface area contributed by atoms with Crippen molar-refractivity contribution in [3.63, 3.8) is 0 Å². The molecule has 0 amide bonds. The quantitative estimate of drug-likeness (QED) is 0.677. The van der Waals surface area contributed by atoms with Crippen LogP contribution in [0.3, 0.4) is 0 Å². The van der Waals surface area contributed by atoms with Crippen LogP contribution in [0.15, 0.2) is 0 Å².